The summed E-state index contributed by atoms with van der Waals surface area (Å²) in [5.74, 6) is -2.11. The van der Waals surface area contributed by atoms with Crippen molar-refractivity contribution in [1.29, 1.82) is 0 Å². The lowest BCUT2D eigenvalue weighted by atomic mass is 10.1. The highest BCUT2D eigenvalue weighted by atomic mass is 19.1. The second-order valence-electron chi connectivity index (χ2n) is 2.61. The topological polar surface area (TPSA) is 56.0 Å². The minimum Gasteiger partial charge on any atom is -0.316 e. The molecule has 0 fully saturated rings. The fraction of sp³-hybridized carbons (Fsp3) is 0.250. The molecule has 1 aromatic heterocycles. The summed E-state index contributed by atoms with van der Waals surface area (Å²) in [5.41, 5.74) is 5.09. The Kier molecular flexibility index (Phi) is 2.67. The molecule has 0 aliphatic carbocycles. The molecule has 0 saturated carbocycles. The van der Waals surface area contributed by atoms with E-state index in [1.165, 1.54) is 6.92 Å². The van der Waals surface area contributed by atoms with Gasteiger partial charge in [0.2, 0.25) is 0 Å². The SMILES string of the molecule is CC(=O)C(N)c1ncc(F)cc1F. The predicted octanol–water partition coefficient (Wildman–Crippen LogP) is 0.949. The second kappa shape index (κ2) is 3.57. The summed E-state index contributed by atoms with van der Waals surface area (Å²) >= 11 is 0. The van der Waals surface area contributed by atoms with Crippen molar-refractivity contribution >= 4 is 5.78 Å². The molecule has 0 aromatic carbocycles. The molecule has 0 spiro atoms. The molecule has 1 heterocycles. The first kappa shape index (κ1) is 9.73. The first-order valence-corrected chi connectivity index (χ1v) is 3.59. The van der Waals surface area contributed by atoms with Crippen LogP contribution in [0.2, 0.25) is 0 Å². The number of aromatic nitrogens is 1. The monoisotopic (exact) mass is 186 g/mol. The number of carbonyl (C=O) groups excluding carboxylic acids is 1. The maximum Gasteiger partial charge on any atom is 0.152 e. The number of hydrogen-bond donors (Lipinski definition) is 1. The summed E-state index contributed by atoms with van der Waals surface area (Å²) in [4.78, 5) is 14.2. The zero-order chi connectivity index (χ0) is 10.0. The number of nitrogens with two attached hydrogens (primary N) is 1. The van der Waals surface area contributed by atoms with Crippen molar-refractivity contribution in [2.45, 2.75) is 13.0 Å². The first-order chi connectivity index (χ1) is 6.02. The van der Waals surface area contributed by atoms with Gasteiger partial charge in [0.05, 0.1) is 6.20 Å². The Morgan fingerprint density at radius 3 is 2.69 bits per heavy atom. The second-order valence-corrected chi connectivity index (χ2v) is 2.61. The van der Waals surface area contributed by atoms with Crippen LogP contribution in [0.25, 0.3) is 0 Å². The summed E-state index contributed by atoms with van der Waals surface area (Å²) in [6.07, 6.45) is 0.821. The molecule has 13 heavy (non-hydrogen) atoms. The van der Waals surface area contributed by atoms with E-state index < -0.39 is 23.5 Å². The van der Waals surface area contributed by atoms with Gasteiger partial charge in [0.1, 0.15) is 23.4 Å². The number of Topliss-reactive ketones (excluding diaryl/α,β-unsaturated/α-hetero) is 1. The molecular formula is C8H8F2N2O. The Labute approximate surface area is 73.6 Å². The predicted molar refractivity (Wildman–Crippen MR) is 41.8 cm³/mol. The number of halogens is 2. The molecular weight excluding hydrogens is 178 g/mol. The van der Waals surface area contributed by atoms with Gasteiger partial charge in [-0.1, -0.05) is 0 Å². The van der Waals surface area contributed by atoms with E-state index in [4.69, 9.17) is 5.73 Å². The van der Waals surface area contributed by atoms with Gasteiger partial charge in [-0.25, -0.2) is 8.78 Å². The summed E-state index contributed by atoms with van der Waals surface area (Å²) < 4.78 is 25.3. The van der Waals surface area contributed by atoms with Crippen LogP contribution >= 0.6 is 0 Å². The molecule has 1 atom stereocenters. The Morgan fingerprint density at radius 2 is 2.23 bits per heavy atom. The summed E-state index contributed by atoms with van der Waals surface area (Å²) in [6.45, 7) is 1.22. The van der Waals surface area contributed by atoms with Crippen LogP contribution in [0.15, 0.2) is 12.3 Å². The third-order valence-electron chi connectivity index (χ3n) is 1.57. The van der Waals surface area contributed by atoms with Crippen LogP contribution in [0, 0.1) is 11.6 Å². The van der Waals surface area contributed by atoms with E-state index in [1.54, 1.807) is 0 Å². The van der Waals surface area contributed by atoms with Crippen LogP contribution in [0.5, 0.6) is 0 Å². The normalized spacial score (nSPS) is 12.6. The van der Waals surface area contributed by atoms with Crippen molar-refractivity contribution in [1.82, 2.24) is 4.98 Å². The molecule has 1 rings (SSSR count). The van der Waals surface area contributed by atoms with E-state index in [9.17, 15) is 13.6 Å². The van der Waals surface area contributed by atoms with E-state index >= 15 is 0 Å². The fourth-order valence-corrected chi connectivity index (χ4v) is 0.847. The van der Waals surface area contributed by atoms with Crippen molar-refractivity contribution in [3.05, 3.63) is 29.6 Å². The van der Waals surface area contributed by atoms with Crippen LogP contribution in [-0.2, 0) is 4.79 Å². The van der Waals surface area contributed by atoms with Gasteiger partial charge in [-0.15, -0.1) is 0 Å². The quantitative estimate of drug-likeness (QED) is 0.748. The summed E-state index contributed by atoms with van der Waals surface area (Å²) in [5, 5.41) is 0. The standard InChI is InChI=1S/C8H8F2N2O/c1-4(13)7(11)8-6(10)2-5(9)3-12-8/h2-3,7H,11H2,1H3. The highest BCUT2D eigenvalue weighted by molar-refractivity contribution is 5.82. The van der Waals surface area contributed by atoms with Crippen molar-refractivity contribution in [2.24, 2.45) is 5.73 Å². The molecule has 0 amide bonds. The molecule has 0 radical (unpaired) electrons. The largest absolute Gasteiger partial charge is 0.316 e. The van der Waals surface area contributed by atoms with Gasteiger partial charge < -0.3 is 5.73 Å². The number of hydrogen-bond acceptors (Lipinski definition) is 3. The van der Waals surface area contributed by atoms with Gasteiger partial charge in [-0.2, -0.15) is 0 Å². The van der Waals surface area contributed by atoms with Crippen molar-refractivity contribution < 1.29 is 13.6 Å². The number of pyridine rings is 1. The van der Waals surface area contributed by atoms with Gasteiger partial charge in [-0.05, 0) is 6.92 Å². The molecule has 2 N–H and O–H groups in total. The van der Waals surface area contributed by atoms with E-state index in [-0.39, 0.29) is 5.69 Å². The first-order valence-electron chi connectivity index (χ1n) is 3.59. The number of ketones is 1. The van der Waals surface area contributed by atoms with Crippen molar-refractivity contribution in [3.8, 4) is 0 Å². The Morgan fingerprint density at radius 1 is 1.62 bits per heavy atom. The lowest BCUT2D eigenvalue weighted by molar-refractivity contribution is -0.118. The van der Waals surface area contributed by atoms with Crippen LogP contribution in [-0.4, -0.2) is 10.8 Å². The van der Waals surface area contributed by atoms with Crippen LogP contribution < -0.4 is 5.73 Å². The van der Waals surface area contributed by atoms with E-state index in [0.29, 0.717) is 6.07 Å². The average Bonchev–Trinajstić information content (AvgIpc) is 2.03. The maximum absolute atomic E-state index is 12.9. The maximum atomic E-state index is 12.9. The van der Waals surface area contributed by atoms with Gasteiger partial charge in [0.25, 0.3) is 0 Å². The average molecular weight is 186 g/mol. The smallest absolute Gasteiger partial charge is 0.152 e. The third kappa shape index (κ3) is 2.06. The molecule has 0 bridgehead atoms. The summed E-state index contributed by atoms with van der Waals surface area (Å²) in [7, 11) is 0. The molecule has 1 unspecified atom stereocenters. The molecule has 0 saturated heterocycles. The van der Waals surface area contributed by atoms with E-state index in [2.05, 4.69) is 4.98 Å². The Hall–Kier alpha value is -1.36. The Balaban J connectivity index is 3.08. The number of rotatable bonds is 2. The minimum absolute atomic E-state index is 0.228. The Bertz CT molecular complexity index is 341. The zero-order valence-corrected chi connectivity index (χ0v) is 6.92. The number of nitrogens with zero attached hydrogens (tertiary/aromatic N) is 1. The fourth-order valence-electron chi connectivity index (χ4n) is 0.847. The number of carbonyl (C=O) groups is 1. The molecule has 0 aliphatic heterocycles. The third-order valence-corrected chi connectivity index (χ3v) is 1.57. The van der Waals surface area contributed by atoms with E-state index in [0.717, 1.165) is 6.20 Å². The molecule has 70 valence electrons. The minimum atomic E-state index is -1.12. The molecule has 0 aliphatic rings. The molecule has 5 heteroatoms. The van der Waals surface area contributed by atoms with E-state index in [1.807, 2.05) is 0 Å². The zero-order valence-electron chi connectivity index (χ0n) is 6.92. The van der Waals surface area contributed by atoms with Gasteiger partial charge in [0.15, 0.2) is 5.78 Å². The highest BCUT2D eigenvalue weighted by Gasteiger charge is 2.17. The van der Waals surface area contributed by atoms with Crippen molar-refractivity contribution in [2.75, 3.05) is 0 Å². The molecule has 3 nitrogen and oxygen atoms in total. The van der Waals surface area contributed by atoms with Crippen LogP contribution in [0.1, 0.15) is 18.7 Å². The van der Waals surface area contributed by atoms with Crippen molar-refractivity contribution in [3.63, 3.8) is 0 Å². The highest BCUT2D eigenvalue weighted by Crippen LogP contribution is 2.13. The van der Waals surface area contributed by atoms with Gasteiger partial charge in [-0.3, -0.25) is 9.78 Å². The van der Waals surface area contributed by atoms with Crippen LogP contribution in [0.4, 0.5) is 8.78 Å². The summed E-state index contributed by atoms with van der Waals surface area (Å²) in [6, 6.07) is -0.480. The van der Waals surface area contributed by atoms with Gasteiger partial charge in [0, 0.05) is 6.07 Å². The lowest BCUT2D eigenvalue weighted by Crippen LogP contribution is -2.21. The van der Waals surface area contributed by atoms with Crippen LogP contribution in [0.3, 0.4) is 0 Å². The molecule has 1 aromatic rings. The van der Waals surface area contributed by atoms with Gasteiger partial charge >= 0.3 is 0 Å². The lowest BCUT2D eigenvalue weighted by Gasteiger charge is -2.07.